The number of nitrogens with one attached hydrogen (secondary N) is 1. The van der Waals surface area contributed by atoms with Crippen LogP contribution < -0.4 is 4.74 Å². The van der Waals surface area contributed by atoms with E-state index in [9.17, 15) is 10.1 Å². The van der Waals surface area contributed by atoms with Crippen LogP contribution in [0.3, 0.4) is 0 Å². The van der Waals surface area contributed by atoms with Crippen LogP contribution in [0, 0.1) is 11.3 Å². The Morgan fingerprint density at radius 3 is 2.72 bits per heavy atom. The number of hydrogen-bond acceptors (Lipinski definition) is 5. The SMILES string of the molecule is CC1(C)OCC(COc2ccc3c(c2)C(C)(C)c2[nH]c4c(Br)c(C#N)ccc4c2C3=O)O1. The summed E-state index contributed by atoms with van der Waals surface area (Å²) >= 11 is 3.53. The maximum absolute atomic E-state index is 13.5. The molecule has 3 aromatic rings. The van der Waals surface area contributed by atoms with E-state index >= 15 is 0 Å². The van der Waals surface area contributed by atoms with E-state index in [1.165, 1.54) is 0 Å². The van der Waals surface area contributed by atoms with Gasteiger partial charge in [0, 0.05) is 22.1 Å². The minimum atomic E-state index is -0.593. The lowest BCUT2D eigenvalue weighted by atomic mass is 9.71. The summed E-state index contributed by atoms with van der Waals surface area (Å²) in [4.78, 5) is 16.9. The standard InChI is InChI=1S/C25H23BrN2O4/c1-24(2)18-9-14(30-11-15-12-31-25(3,4)32-15)6-8-16(18)22(29)19-17-7-5-13(10-27)20(26)21(17)28-23(19)24/h5-9,15,28H,11-12H2,1-4H3. The zero-order valence-electron chi connectivity index (χ0n) is 18.3. The number of halogens is 1. The van der Waals surface area contributed by atoms with Gasteiger partial charge in [0.2, 0.25) is 0 Å². The maximum atomic E-state index is 13.5. The number of aromatic amines is 1. The van der Waals surface area contributed by atoms with Gasteiger partial charge in [0.25, 0.3) is 0 Å². The normalized spacial score (nSPS) is 20.6. The molecule has 1 unspecified atom stereocenters. The number of nitrogens with zero attached hydrogens (tertiary/aromatic N) is 1. The quantitative estimate of drug-likeness (QED) is 0.540. The topological polar surface area (TPSA) is 84.3 Å². The third-order valence-electron chi connectivity index (χ3n) is 6.30. The van der Waals surface area contributed by atoms with Crippen molar-refractivity contribution in [1.82, 2.24) is 4.98 Å². The fourth-order valence-electron chi connectivity index (χ4n) is 4.65. The Morgan fingerprint density at radius 2 is 2.03 bits per heavy atom. The van der Waals surface area contributed by atoms with E-state index in [1.54, 1.807) is 6.07 Å². The Hall–Kier alpha value is -2.66. The molecule has 1 aliphatic carbocycles. The molecule has 1 aliphatic heterocycles. The van der Waals surface area contributed by atoms with Crippen molar-refractivity contribution in [2.75, 3.05) is 13.2 Å². The summed E-state index contributed by atoms with van der Waals surface area (Å²) < 4.78 is 18.1. The molecular formula is C25H23BrN2O4. The molecule has 2 aromatic carbocycles. The second kappa shape index (κ2) is 7.17. The monoisotopic (exact) mass is 494 g/mol. The Kier molecular flexibility index (Phi) is 4.75. The van der Waals surface area contributed by atoms with E-state index in [1.807, 2.05) is 38.1 Å². The molecule has 0 saturated carbocycles. The first-order valence-corrected chi connectivity index (χ1v) is 11.3. The molecule has 1 N–H and O–H groups in total. The summed E-state index contributed by atoms with van der Waals surface area (Å²) in [6, 6.07) is 11.4. The molecule has 1 aromatic heterocycles. The highest BCUT2D eigenvalue weighted by Crippen LogP contribution is 2.46. The lowest BCUT2D eigenvalue weighted by molar-refractivity contribution is -0.141. The van der Waals surface area contributed by atoms with Crippen LogP contribution in [0.4, 0.5) is 0 Å². The van der Waals surface area contributed by atoms with E-state index in [0.29, 0.717) is 40.1 Å². The highest BCUT2D eigenvalue weighted by atomic mass is 79.9. The van der Waals surface area contributed by atoms with Crippen molar-refractivity contribution in [3.8, 4) is 11.8 Å². The van der Waals surface area contributed by atoms with E-state index in [-0.39, 0.29) is 11.9 Å². The molecule has 0 amide bonds. The molecule has 2 aliphatic rings. The minimum absolute atomic E-state index is 0.0296. The van der Waals surface area contributed by atoms with E-state index in [0.717, 1.165) is 22.2 Å². The zero-order chi connectivity index (χ0) is 22.8. The van der Waals surface area contributed by atoms with E-state index in [2.05, 4.69) is 40.8 Å². The van der Waals surface area contributed by atoms with Gasteiger partial charge in [-0.15, -0.1) is 0 Å². The summed E-state index contributed by atoms with van der Waals surface area (Å²) in [6.45, 7) is 8.81. The van der Waals surface area contributed by atoms with Gasteiger partial charge < -0.3 is 19.2 Å². The molecule has 6 nitrogen and oxygen atoms in total. The number of nitriles is 1. The van der Waals surface area contributed by atoms with Crippen LogP contribution in [0.25, 0.3) is 10.9 Å². The molecule has 1 atom stereocenters. The molecule has 2 heterocycles. The van der Waals surface area contributed by atoms with Crippen molar-refractivity contribution < 1.29 is 19.0 Å². The molecule has 1 fully saturated rings. The third-order valence-corrected chi connectivity index (χ3v) is 7.12. The Bertz CT molecular complexity index is 1320. The van der Waals surface area contributed by atoms with E-state index in [4.69, 9.17) is 14.2 Å². The number of ketones is 1. The largest absolute Gasteiger partial charge is 0.491 e. The minimum Gasteiger partial charge on any atom is -0.491 e. The first-order valence-electron chi connectivity index (χ1n) is 10.5. The average Bonchev–Trinajstić information content (AvgIpc) is 3.32. The van der Waals surface area contributed by atoms with Crippen LogP contribution in [0.2, 0.25) is 0 Å². The van der Waals surface area contributed by atoms with Crippen molar-refractivity contribution in [2.45, 2.75) is 45.0 Å². The molecule has 0 bridgehead atoms. The zero-order valence-corrected chi connectivity index (χ0v) is 19.9. The van der Waals surface area contributed by atoms with Crippen LogP contribution in [-0.4, -0.2) is 35.9 Å². The Balaban J connectivity index is 1.53. The van der Waals surface area contributed by atoms with Gasteiger partial charge in [-0.25, -0.2) is 0 Å². The number of carbonyl (C=O) groups is 1. The highest BCUT2D eigenvalue weighted by Gasteiger charge is 2.40. The summed E-state index contributed by atoms with van der Waals surface area (Å²) in [5, 5.41) is 10.2. The van der Waals surface area contributed by atoms with Gasteiger partial charge >= 0.3 is 0 Å². The Morgan fingerprint density at radius 1 is 1.25 bits per heavy atom. The van der Waals surface area contributed by atoms with Crippen LogP contribution in [-0.2, 0) is 14.9 Å². The summed E-state index contributed by atoms with van der Waals surface area (Å²) in [5.74, 6) is 0.0627. The van der Waals surface area contributed by atoms with Crippen LogP contribution in [0.5, 0.6) is 5.75 Å². The number of aromatic nitrogens is 1. The number of benzene rings is 2. The van der Waals surface area contributed by atoms with Gasteiger partial charge in [-0.3, -0.25) is 4.79 Å². The molecule has 0 radical (unpaired) electrons. The molecule has 5 rings (SSSR count). The van der Waals surface area contributed by atoms with Gasteiger partial charge in [0.05, 0.1) is 27.7 Å². The van der Waals surface area contributed by atoms with Gasteiger partial charge in [-0.05, 0) is 59.6 Å². The van der Waals surface area contributed by atoms with E-state index < -0.39 is 11.2 Å². The highest BCUT2D eigenvalue weighted by molar-refractivity contribution is 9.10. The van der Waals surface area contributed by atoms with Gasteiger partial charge in [-0.2, -0.15) is 5.26 Å². The Labute approximate surface area is 194 Å². The van der Waals surface area contributed by atoms with Gasteiger partial charge in [0.1, 0.15) is 24.5 Å². The molecule has 32 heavy (non-hydrogen) atoms. The smallest absolute Gasteiger partial charge is 0.195 e. The molecule has 1 saturated heterocycles. The predicted octanol–water partition coefficient (Wildman–Crippen LogP) is 5.20. The van der Waals surface area contributed by atoms with Gasteiger partial charge in [0.15, 0.2) is 11.6 Å². The number of ether oxygens (including phenoxy) is 3. The second-order valence-electron chi connectivity index (χ2n) is 9.26. The number of hydrogen-bond donors (Lipinski definition) is 1. The maximum Gasteiger partial charge on any atom is 0.195 e. The van der Waals surface area contributed by atoms with Crippen molar-refractivity contribution in [2.24, 2.45) is 0 Å². The predicted molar refractivity (Wildman–Crippen MR) is 123 cm³/mol. The molecule has 7 heteroatoms. The van der Waals surface area contributed by atoms with Crippen LogP contribution >= 0.6 is 15.9 Å². The average molecular weight is 495 g/mol. The molecule has 164 valence electrons. The lowest BCUT2D eigenvalue weighted by Gasteiger charge is -2.32. The first kappa shape index (κ1) is 21.2. The van der Waals surface area contributed by atoms with Crippen LogP contribution in [0.15, 0.2) is 34.8 Å². The van der Waals surface area contributed by atoms with Gasteiger partial charge in [-0.1, -0.05) is 19.9 Å². The summed E-state index contributed by atoms with van der Waals surface area (Å²) in [5.41, 5.74) is 3.90. The molecule has 0 spiro atoms. The van der Waals surface area contributed by atoms with Crippen molar-refractivity contribution >= 4 is 32.6 Å². The number of rotatable bonds is 3. The summed E-state index contributed by atoms with van der Waals surface area (Å²) in [7, 11) is 0. The van der Waals surface area contributed by atoms with Crippen molar-refractivity contribution in [3.05, 3.63) is 62.8 Å². The lowest BCUT2D eigenvalue weighted by Crippen LogP contribution is -2.30. The fourth-order valence-corrected chi connectivity index (χ4v) is 5.19. The van der Waals surface area contributed by atoms with Crippen molar-refractivity contribution in [1.29, 1.82) is 5.26 Å². The van der Waals surface area contributed by atoms with Crippen LogP contribution in [0.1, 0.15) is 60.4 Å². The second-order valence-corrected chi connectivity index (χ2v) is 10.1. The first-order chi connectivity index (χ1) is 15.1. The fraction of sp³-hybridized carbons (Fsp3) is 0.360. The third kappa shape index (κ3) is 3.17. The molecular weight excluding hydrogens is 472 g/mol. The van der Waals surface area contributed by atoms with Crippen molar-refractivity contribution in [3.63, 3.8) is 0 Å². The summed E-state index contributed by atoms with van der Waals surface area (Å²) in [6.07, 6.45) is -0.136. The number of carbonyl (C=O) groups excluding carboxylic acids is 1. The number of H-pyrrole nitrogens is 1. The number of fused-ring (bicyclic) bond motifs is 4.